The Kier molecular flexibility index (Phi) is 11.6. The van der Waals surface area contributed by atoms with Crippen molar-refractivity contribution < 1.29 is 47.5 Å². The van der Waals surface area contributed by atoms with Crippen molar-refractivity contribution in [2.75, 3.05) is 88.2 Å². The number of fused-ring (bicyclic) bond motifs is 6. The highest BCUT2D eigenvalue weighted by molar-refractivity contribution is 6.14. The van der Waals surface area contributed by atoms with Gasteiger partial charge in [-0.15, -0.1) is 0 Å². The molecular weight excluding hydrogens is 670 g/mol. The first-order chi connectivity index (χ1) is 25.4. The largest absolute Gasteiger partial charge is 0.497 e. The molecule has 4 aromatic carbocycles. The number of methoxy groups -OCH3 is 4. The number of carbonyl (C=O) groups excluding carboxylic acids is 2. The number of hydrogen-bond donors (Lipinski definition) is 0. The van der Waals surface area contributed by atoms with Gasteiger partial charge < -0.3 is 42.8 Å². The van der Waals surface area contributed by atoms with Crippen LogP contribution in [0.4, 0.5) is 9.59 Å². The second-order valence-electron chi connectivity index (χ2n) is 12.0. The maximum atomic E-state index is 13.2. The van der Waals surface area contributed by atoms with Crippen molar-refractivity contribution in [2.24, 2.45) is 0 Å². The lowest BCUT2D eigenvalue weighted by molar-refractivity contribution is 0.0482. The summed E-state index contributed by atoms with van der Waals surface area (Å²) in [5, 5.41) is 3.43. The van der Waals surface area contributed by atoms with Gasteiger partial charge in [-0.1, -0.05) is 0 Å². The Balaban J connectivity index is 0.901. The lowest BCUT2D eigenvalue weighted by Crippen LogP contribution is -2.28. The van der Waals surface area contributed by atoms with Crippen LogP contribution >= 0.6 is 0 Å². The van der Waals surface area contributed by atoms with E-state index in [9.17, 15) is 9.59 Å². The highest BCUT2D eigenvalue weighted by Crippen LogP contribution is 2.35. The van der Waals surface area contributed by atoms with Gasteiger partial charge in [-0.2, -0.15) is 0 Å². The highest BCUT2D eigenvalue weighted by Gasteiger charge is 2.20. The van der Waals surface area contributed by atoms with E-state index in [1.807, 2.05) is 79.8 Å². The first-order valence-corrected chi connectivity index (χ1v) is 16.9. The fraction of sp³-hybridized carbons (Fsp3) is 0.333. The molecule has 0 saturated heterocycles. The van der Waals surface area contributed by atoms with Crippen LogP contribution in [0, 0.1) is 0 Å². The van der Waals surface area contributed by atoms with Gasteiger partial charge in [-0.25, -0.2) is 18.7 Å². The molecule has 0 fully saturated rings. The van der Waals surface area contributed by atoms with Crippen molar-refractivity contribution in [1.82, 2.24) is 14.0 Å². The maximum Gasteiger partial charge on any atom is 0.419 e. The molecule has 13 heteroatoms. The zero-order chi connectivity index (χ0) is 36.6. The molecule has 0 aliphatic carbocycles. The molecule has 274 valence electrons. The molecule has 0 amide bonds. The minimum Gasteiger partial charge on any atom is -0.497 e. The molecule has 13 nitrogen and oxygen atoms in total. The van der Waals surface area contributed by atoms with Gasteiger partial charge in [0.1, 0.15) is 36.2 Å². The van der Waals surface area contributed by atoms with Crippen LogP contribution in [0.5, 0.6) is 23.0 Å². The Labute approximate surface area is 301 Å². The molecule has 6 rings (SSSR count). The van der Waals surface area contributed by atoms with Crippen LogP contribution in [0.25, 0.3) is 43.6 Å². The number of nitrogens with zero attached hydrogens (tertiary/aromatic N) is 3. The summed E-state index contributed by atoms with van der Waals surface area (Å²) >= 11 is 0. The molecule has 2 aromatic heterocycles. The molecule has 0 spiro atoms. The SMILES string of the molecule is COc1ccc2c(c1)c1cc(OC)ccc1n2C(=O)OCCOCCN(C)CCOCCOC(=O)n1c2ccc(OC)cc2c2cc(OC)ccc21. The Morgan fingerprint density at radius 3 is 1.08 bits per heavy atom. The summed E-state index contributed by atoms with van der Waals surface area (Å²) in [4.78, 5) is 28.4. The first-order valence-electron chi connectivity index (χ1n) is 16.9. The fourth-order valence-electron chi connectivity index (χ4n) is 6.13. The van der Waals surface area contributed by atoms with Gasteiger partial charge in [-0.05, 0) is 79.8 Å². The molecule has 0 N–H and O–H groups in total. The number of carbonyl (C=O) groups is 2. The van der Waals surface area contributed by atoms with E-state index in [4.69, 9.17) is 37.9 Å². The topological polar surface area (TPSA) is 121 Å². The summed E-state index contributed by atoms with van der Waals surface area (Å²) in [5.41, 5.74) is 2.84. The van der Waals surface area contributed by atoms with Gasteiger partial charge in [0.05, 0.1) is 76.9 Å². The number of hydrogen-bond acceptors (Lipinski definition) is 11. The van der Waals surface area contributed by atoms with E-state index < -0.39 is 12.2 Å². The number of benzene rings is 4. The standard InChI is InChI=1S/C39H43N3O10/c1-40(14-16-49-18-20-51-38(43)41-34-10-6-26(45-2)22-30(34)31-23-27(46-3)7-11-35(31)41)15-17-50-19-21-52-39(44)42-36-12-8-28(47-4)24-32(36)33-25-29(48-5)9-13-37(33)42/h6-13,22-25H,14-21H2,1-5H3. The van der Waals surface area contributed by atoms with Gasteiger partial charge in [-0.3, -0.25) is 0 Å². The van der Waals surface area contributed by atoms with Gasteiger partial charge in [0.15, 0.2) is 0 Å². The lowest BCUT2D eigenvalue weighted by Gasteiger charge is -2.16. The van der Waals surface area contributed by atoms with E-state index in [-0.39, 0.29) is 26.4 Å². The predicted molar refractivity (Wildman–Crippen MR) is 198 cm³/mol. The summed E-state index contributed by atoms with van der Waals surface area (Å²) in [6, 6.07) is 22.2. The first kappa shape index (κ1) is 36.3. The number of aromatic nitrogens is 2. The average molecular weight is 714 g/mol. The van der Waals surface area contributed by atoms with Crippen LogP contribution in [0.1, 0.15) is 0 Å². The molecule has 0 atom stereocenters. The summed E-state index contributed by atoms with van der Waals surface area (Å²) in [6.45, 7) is 2.96. The lowest BCUT2D eigenvalue weighted by atomic mass is 10.1. The third-order valence-electron chi connectivity index (χ3n) is 8.87. The second kappa shape index (κ2) is 16.7. The van der Waals surface area contributed by atoms with Gasteiger partial charge >= 0.3 is 12.2 Å². The zero-order valence-electron chi connectivity index (χ0n) is 30.0. The smallest absolute Gasteiger partial charge is 0.419 e. The van der Waals surface area contributed by atoms with Crippen molar-refractivity contribution in [3.8, 4) is 23.0 Å². The van der Waals surface area contributed by atoms with E-state index >= 15 is 0 Å². The molecule has 0 aliphatic heterocycles. The predicted octanol–water partition coefficient (Wildman–Crippen LogP) is 6.57. The van der Waals surface area contributed by atoms with Crippen molar-refractivity contribution in [3.63, 3.8) is 0 Å². The Hall–Kier alpha value is -5.50. The molecule has 0 aliphatic rings. The summed E-state index contributed by atoms with van der Waals surface area (Å²) < 4.78 is 47.3. The average Bonchev–Trinajstić information content (AvgIpc) is 3.68. The highest BCUT2D eigenvalue weighted by atomic mass is 16.6. The number of ether oxygens (including phenoxy) is 8. The van der Waals surface area contributed by atoms with Gasteiger partial charge in [0.25, 0.3) is 0 Å². The van der Waals surface area contributed by atoms with Crippen LogP contribution in [-0.4, -0.2) is 114 Å². The quantitative estimate of drug-likeness (QED) is 0.101. The van der Waals surface area contributed by atoms with Crippen LogP contribution < -0.4 is 18.9 Å². The summed E-state index contributed by atoms with van der Waals surface area (Å²) in [5.74, 6) is 2.76. The zero-order valence-corrected chi connectivity index (χ0v) is 30.0. The van der Waals surface area contributed by atoms with Crippen molar-refractivity contribution in [2.45, 2.75) is 0 Å². The van der Waals surface area contributed by atoms with Crippen LogP contribution in [0.2, 0.25) is 0 Å². The van der Waals surface area contributed by atoms with Gasteiger partial charge in [0, 0.05) is 34.6 Å². The number of likely N-dealkylation sites (N-methyl/N-ethyl adjacent to an activating group) is 1. The normalized spacial score (nSPS) is 11.5. The van der Waals surface area contributed by atoms with E-state index in [1.165, 1.54) is 0 Å². The Morgan fingerprint density at radius 1 is 0.481 bits per heavy atom. The van der Waals surface area contributed by atoms with E-state index in [1.54, 1.807) is 37.6 Å². The fourth-order valence-corrected chi connectivity index (χ4v) is 6.13. The second-order valence-corrected chi connectivity index (χ2v) is 12.0. The number of rotatable bonds is 16. The van der Waals surface area contributed by atoms with Crippen molar-refractivity contribution >= 4 is 55.8 Å². The summed E-state index contributed by atoms with van der Waals surface area (Å²) in [6.07, 6.45) is -0.981. The third kappa shape index (κ3) is 7.71. The summed E-state index contributed by atoms with van der Waals surface area (Å²) in [7, 11) is 8.39. The van der Waals surface area contributed by atoms with Crippen LogP contribution in [0.3, 0.4) is 0 Å². The molecule has 2 heterocycles. The molecule has 0 bridgehead atoms. The molecule has 6 aromatic rings. The monoisotopic (exact) mass is 713 g/mol. The Morgan fingerprint density at radius 2 is 0.788 bits per heavy atom. The molecule has 0 saturated carbocycles. The molecular formula is C39H43N3O10. The van der Waals surface area contributed by atoms with Crippen molar-refractivity contribution in [1.29, 1.82) is 0 Å². The maximum absolute atomic E-state index is 13.2. The van der Waals surface area contributed by atoms with Gasteiger partial charge in [0.2, 0.25) is 0 Å². The minimum atomic E-state index is -0.490. The van der Waals surface area contributed by atoms with Crippen LogP contribution in [0.15, 0.2) is 72.8 Å². The van der Waals surface area contributed by atoms with E-state index in [2.05, 4.69) is 4.90 Å². The van der Waals surface area contributed by atoms with E-state index in [0.717, 1.165) is 21.5 Å². The Bertz CT molecular complexity index is 1910. The minimum absolute atomic E-state index is 0.106. The van der Waals surface area contributed by atoms with E-state index in [0.29, 0.717) is 71.4 Å². The molecule has 0 radical (unpaired) electrons. The van der Waals surface area contributed by atoms with Crippen LogP contribution in [-0.2, 0) is 18.9 Å². The third-order valence-corrected chi connectivity index (χ3v) is 8.87. The molecule has 52 heavy (non-hydrogen) atoms. The molecule has 0 unspecified atom stereocenters. The van der Waals surface area contributed by atoms with Crippen molar-refractivity contribution in [3.05, 3.63) is 72.8 Å².